The van der Waals surface area contributed by atoms with E-state index in [1.54, 1.807) is 0 Å². The fourth-order valence-corrected chi connectivity index (χ4v) is 2.40. The lowest BCUT2D eigenvalue weighted by Crippen LogP contribution is -2.40. The van der Waals surface area contributed by atoms with Crippen molar-refractivity contribution in [2.45, 2.75) is 16.9 Å². The van der Waals surface area contributed by atoms with Gasteiger partial charge in [0.05, 0.1) is 14.2 Å². The van der Waals surface area contributed by atoms with Crippen LogP contribution in [-0.2, 0) is 0 Å². The molecule has 0 amide bonds. The van der Waals surface area contributed by atoms with Crippen LogP contribution < -0.4 is 9.47 Å². The van der Waals surface area contributed by atoms with Crippen molar-refractivity contribution >= 4 is 27.5 Å². The number of methoxy groups -OCH3 is 2. The van der Waals surface area contributed by atoms with Gasteiger partial charge in [0.15, 0.2) is 0 Å². The van der Waals surface area contributed by atoms with Gasteiger partial charge in [-0.15, -0.1) is 0 Å². The van der Waals surface area contributed by atoms with Crippen LogP contribution in [0.3, 0.4) is 0 Å². The Labute approximate surface area is 124 Å². The number of alkyl halides is 6. The lowest BCUT2D eigenvalue weighted by molar-refractivity contribution is -0.281. The third-order valence-electron chi connectivity index (χ3n) is 2.49. The molecule has 1 unspecified atom stereocenters. The molecule has 9 heteroatoms. The number of rotatable bonds is 4. The monoisotopic (exact) mass is 382 g/mol. The number of hydrogen-bond donors (Lipinski definition) is 0. The molecule has 0 aliphatic carbocycles. The zero-order chi connectivity index (χ0) is 15.7. The van der Waals surface area contributed by atoms with Gasteiger partial charge in [0.25, 0.3) is 0 Å². The van der Waals surface area contributed by atoms with Crippen molar-refractivity contribution in [2.24, 2.45) is 0 Å². The molecule has 1 rings (SSSR count). The van der Waals surface area contributed by atoms with E-state index in [1.807, 2.05) is 0 Å². The zero-order valence-corrected chi connectivity index (χ0v) is 12.5. The Balaban J connectivity index is 3.37. The van der Waals surface area contributed by atoms with Crippen LogP contribution in [0, 0.1) is 0 Å². The predicted octanol–water partition coefficient (Wildman–Crippen LogP) is 4.99. The summed E-state index contributed by atoms with van der Waals surface area (Å²) in [5, 5.41) is -0.185. The number of hydrogen-bond acceptors (Lipinski definition) is 2. The maximum absolute atomic E-state index is 13.3. The molecule has 0 aliphatic rings. The van der Waals surface area contributed by atoms with Crippen LogP contribution in [-0.4, -0.2) is 26.3 Å². The van der Waals surface area contributed by atoms with Crippen molar-refractivity contribution in [3.05, 3.63) is 22.7 Å². The van der Waals surface area contributed by atoms with Crippen molar-refractivity contribution in [3.63, 3.8) is 0 Å². The fraction of sp³-hybridized carbons (Fsp3) is 0.455. The fourth-order valence-electron chi connectivity index (χ4n) is 1.46. The molecular formula is C11H9BrClF5O2. The average Bonchev–Trinajstić information content (AvgIpc) is 2.36. The summed E-state index contributed by atoms with van der Waals surface area (Å²) in [6.07, 6.45) is -5.71. The Hall–Kier alpha value is -0.760. The van der Waals surface area contributed by atoms with Crippen molar-refractivity contribution in [1.29, 1.82) is 0 Å². The van der Waals surface area contributed by atoms with Crippen LogP contribution in [0.15, 0.2) is 12.1 Å². The summed E-state index contributed by atoms with van der Waals surface area (Å²) in [4.78, 5) is -2.34. The van der Waals surface area contributed by atoms with E-state index >= 15 is 0 Å². The largest absolute Gasteiger partial charge is 0.495 e. The summed E-state index contributed by atoms with van der Waals surface area (Å²) < 4.78 is 73.4. The number of halogens is 7. The van der Waals surface area contributed by atoms with E-state index in [9.17, 15) is 22.0 Å². The molecule has 0 heterocycles. The SMILES string of the molecule is COc1ccc(C(Br)C(F)(F)C(F)(F)F)c(OC)c1Cl. The third kappa shape index (κ3) is 2.95. The summed E-state index contributed by atoms with van der Waals surface area (Å²) in [5.41, 5.74) is -0.430. The van der Waals surface area contributed by atoms with E-state index in [1.165, 1.54) is 13.2 Å². The highest BCUT2D eigenvalue weighted by molar-refractivity contribution is 9.09. The third-order valence-corrected chi connectivity index (χ3v) is 3.91. The standard InChI is InChI=1S/C11H9BrClF5O2/c1-19-6-4-3-5(8(20-2)7(6)13)9(12)10(14,15)11(16,17)18/h3-4,9H,1-2H3. The first-order valence-electron chi connectivity index (χ1n) is 5.06. The molecule has 1 aromatic rings. The minimum absolute atomic E-state index is 0.0993. The summed E-state index contributed by atoms with van der Waals surface area (Å²) >= 11 is 8.19. The second-order valence-corrected chi connectivity index (χ2v) is 4.98. The number of ether oxygens (including phenoxy) is 2. The maximum Gasteiger partial charge on any atom is 0.454 e. The summed E-state index contributed by atoms with van der Waals surface area (Å²) in [5.74, 6) is -5.20. The highest BCUT2D eigenvalue weighted by Crippen LogP contribution is 2.52. The van der Waals surface area contributed by atoms with Gasteiger partial charge in [-0.2, -0.15) is 22.0 Å². The molecule has 0 fully saturated rings. The van der Waals surface area contributed by atoms with Crippen LogP contribution in [0.1, 0.15) is 10.4 Å². The molecule has 2 nitrogen and oxygen atoms in total. The smallest absolute Gasteiger partial charge is 0.454 e. The molecule has 0 spiro atoms. The van der Waals surface area contributed by atoms with Gasteiger partial charge in [0.2, 0.25) is 0 Å². The van der Waals surface area contributed by atoms with Crippen molar-refractivity contribution in [2.75, 3.05) is 14.2 Å². The highest BCUT2D eigenvalue weighted by atomic mass is 79.9. The quantitative estimate of drug-likeness (QED) is 0.539. The van der Waals surface area contributed by atoms with Crippen LogP contribution >= 0.6 is 27.5 Å². The Kier molecular flexibility index (Phi) is 5.13. The van der Waals surface area contributed by atoms with Crippen LogP contribution in [0.2, 0.25) is 5.02 Å². The maximum atomic E-state index is 13.3. The molecular weight excluding hydrogens is 374 g/mol. The van der Waals surface area contributed by atoms with Gasteiger partial charge in [-0.1, -0.05) is 33.6 Å². The first-order chi connectivity index (χ1) is 9.07. The van der Waals surface area contributed by atoms with E-state index < -0.39 is 22.5 Å². The number of benzene rings is 1. The van der Waals surface area contributed by atoms with Gasteiger partial charge >= 0.3 is 12.1 Å². The minimum atomic E-state index is -5.71. The van der Waals surface area contributed by atoms with E-state index in [2.05, 4.69) is 15.9 Å². The topological polar surface area (TPSA) is 18.5 Å². The average molecular weight is 384 g/mol. The Morgan fingerprint density at radius 1 is 1.10 bits per heavy atom. The van der Waals surface area contributed by atoms with E-state index in [4.69, 9.17) is 21.1 Å². The van der Waals surface area contributed by atoms with E-state index in [0.29, 0.717) is 0 Å². The Bertz CT molecular complexity index is 492. The Morgan fingerprint density at radius 2 is 1.65 bits per heavy atom. The van der Waals surface area contributed by atoms with Crippen molar-refractivity contribution < 1.29 is 31.4 Å². The molecule has 114 valence electrons. The van der Waals surface area contributed by atoms with Crippen LogP contribution in [0.4, 0.5) is 22.0 Å². The Morgan fingerprint density at radius 3 is 2.05 bits per heavy atom. The highest BCUT2D eigenvalue weighted by Gasteiger charge is 2.62. The molecule has 0 saturated heterocycles. The van der Waals surface area contributed by atoms with Crippen molar-refractivity contribution in [3.8, 4) is 11.5 Å². The van der Waals surface area contributed by atoms with Gasteiger partial charge in [-0.3, -0.25) is 0 Å². The lowest BCUT2D eigenvalue weighted by atomic mass is 10.0. The van der Waals surface area contributed by atoms with E-state index in [-0.39, 0.29) is 16.5 Å². The molecule has 20 heavy (non-hydrogen) atoms. The molecule has 0 aromatic heterocycles. The van der Waals surface area contributed by atoms with Gasteiger partial charge < -0.3 is 9.47 Å². The second kappa shape index (κ2) is 5.93. The lowest BCUT2D eigenvalue weighted by Gasteiger charge is -2.26. The molecule has 0 aliphatic heterocycles. The molecule has 0 bridgehead atoms. The van der Waals surface area contributed by atoms with Crippen LogP contribution in [0.5, 0.6) is 11.5 Å². The first-order valence-corrected chi connectivity index (χ1v) is 6.36. The van der Waals surface area contributed by atoms with E-state index in [0.717, 1.165) is 13.2 Å². The second-order valence-electron chi connectivity index (χ2n) is 3.69. The van der Waals surface area contributed by atoms with Gasteiger partial charge in [0.1, 0.15) is 21.3 Å². The molecule has 0 radical (unpaired) electrons. The molecule has 0 saturated carbocycles. The molecule has 1 aromatic carbocycles. The summed E-state index contributed by atoms with van der Waals surface area (Å²) in [6.45, 7) is 0. The van der Waals surface area contributed by atoms with Crippen molar-refractivity contribution in [1.82, 2.24) is 0 Å². The first kappa shape index (κ1) is 17.3. The van der Waals surface area contributed by atoms with Gasteiger partial charge in [-0.05, 0) is 6.07 Å². The zero-order valence-electron chi connectivity index (χ0n) is 10.2. The minimum Gasteiger partial charge on any atom is -0.495 e. The molecule has 1 atom stereocenters. The van der Waals surface area contributed by atoms with Crippen LogP contribution in [0.25, 0.3) is 0 Å². The predicted molar refractivity (Wildman–Crippen MR) is 67.2 cm³/mol. The van der Waals surface area contributed by atoms with Gasteiger partial charge in [-0.25, -0.2) is 0 Å². The summed E-state index contributed by atoms with van der Waals surface area (Å²) in [7, 11) is 2.38. The summed E-state index contributed by atoms with van der Waals surface area (Å²) in [6, 6.07) is 2.21. The normalized spacial score (nSPS) is 14.1. The van der Waals surface area contributed by atoms with Gasteiger partial charge in [0, 0.05) is 5.56 Å². The molecule has 0 N–H and O–H groups in total.